The third kappa shape index (κ3) is 4.25. The average molecular weight is 375 g/mol. The first-order valence-electron chi connectivity index (χ1n) is 6.63. The van der Waals surface area contributed by atoms with Crippen LogP contribution in [0.25, 0.3) is 0 Å². The molecule has 0 saturated carbocycles. The van der Waals surface area contributed by atoms with Crippen LogP contribution in [0.2, 0.25) is 5.02 Å². The van der Waals surface area contributed by atoms with E-state index in [1.165, 1.54) is 12.1 Å². The molecular formula is C16H15BrClF2N. The summed E-state index contributed by atoms with van der Waals surface area (Å²) in [6.45, 7) is 2.66. The highest BCUT2D eigenvalue weighted by Crippen LogP contribution is 2.25. The summed E-state index contributed by atoms with van der Waals surface area (Å²) in [5, 5.41) is 3.33. The summed E-state index contributed by atoms with van der Waals surface area (Å²) in [7, 11) is 0. The summed E-state index contributed by atoms with van der Waals surface area (Å²) >= 11 is 9.05. The van der Waals surface area contributed by atoms with Gasteiger partial charge >= 0.3 is 0 Å². The number of hydrogen-bond donors (Lipinski definition) is 1. The Balaban J connectivity index is 2.28. The summed E-state index contributed by atoms with van der Waals surface area (Å²) in [6, 6.07) is 9.39. The van der Waals surface area contributed by atoms with Gasteiger partial charge in [0.05, 0.1) is 5.02 Å². The fourth-order valence-corrected chi connectivity index (χ4v) is 2.76. The maximum absolute atomic E-state index is 14.1. The molecule has 1 N–H and O–H groups in total. The van der Waals surface area contributed by atoms with Gasteiger partial charge in [-0.1, -0.05) is 46.6 Å². The molecule has 0 aliphatic rings. The second-order valence-electron chi connectivity index (χ2n) is 4.73. The molecule has 2 aromatic carbocycles. The fourth-order valence-electron chi connectivity index (χ4n) is 2.22. The number of benzene rings is 2. The molecule has 2 aromatic rings. The van der Waals surface area contributed by atoms with E-state index in [1.807, 2.05) is 6.92 Å². The quantitative estimate of drug-likeness (QED) is 0.751. The van der Waals surface area contributed by atoms with Crippen molar-refractivity contribution < 1.29 is 8.78 Å². The molecule has 0 aliphatic heterocycles. The molecule has 2 rings (SSSR count). The van der Waals surface area contributed by atoms with E-state index in [0.29, 0.717) is 23.0 Å². The van der Waals surface area contributed by atoms with Crippen LogP contribution in [0, 0.1) is 11.6 Å². The van der Waals surface area contributed by atoms with E-state index >= 15 is 0 Å². The molecule has 112 valence electrons. The lowest BCUT2D eigenvalue weighted by Crippen LogP contribution is -2.24. The number of hydrogen-bond acceptors (Lipinski definition) is 1. The Labute approximate surface area is 136 Å². The molecule has 5 heteroatoms. The van der Waals surface area contributed by atoms with Gasteiger partial charge in [0.25, 0.3) is 0 Å². The van der Waals surface area contributed by atoms with Crippen molar-refractivity contribution in [3.8, 4) is 0 Å². The van der Waals surface area contributed by atoms with Crippen molar-refractivity contribution in [2.24, 2.45) is 0 Å². The van der Waals surface area contributed by atoms with Crippen LogP contribution < -0.4 is 5.32 Å². The van der Waals surface area contributed by atoms with Crippen molar-refractivity contribution in [2.45, 2.75) is 19.4 Å². The fraction of sp³-hybridized carbons (Fsp3) is 0.250. The molecular weight excluding hydrogens is 360 g/mol. The van der Waals surface area contributed by atoms with Crippen LogP contribution >= 0.6 is 27.5 Å². The molecule has 0 fully saturated rings. The predicted molar refractivity (Wildman–Crippen MR) is 85.6 cm³/mol. The summed E-state index contributed by atoms with van der Waals surface area (Å²) in [4.78, 5) is 0. The van der Waals surface area contributed by atoms with Gasteiger partial charge in [0.15, 0.2) is 0 Å². The van der Waals surface area contributed by atoms with Gasteiger partial charge in [-0.2, -0.15) is 0 Å². The van der Waals surface area contributed by atoms with E-state index in [2.05, 4.69) is 21.2 Å². The minimum atomic E-state index is -0.449. The average Bonchev–Trinajstić information content (AvgIpc) is 2.42. The zero-order chi connectivity index (χ0) is 15.4. The zero-order valence-electron chi connectivity index (χ0n) is 11.5. The molecule has 1 unspecified atom stereocenters. The molecule has 0 bridgehead atoms. The zero-order valence-corrected chi connectivity index (χ0v) is 13.8. The van der Waals surface area contributed by atoms with Gasteiger partial charge < -0.3 is 5.32 Å². The molecule has 0 aliphatic carbocycles. The first-order chi connectivity index (χ1) is 10.0. The van der Waals surface area contributed by atoms with Gasteiger partial charge in [-0.05, 0) is 42.8 Å². The van der Waals surface area contributed by atoms with Crippen LogP contribution in [-0.4, -0.2) is 6.54 Å². The standard InChI is InChI=1S/C16H15BrClF2N/c1-2-21-16(12-5-4-11(17)9-15(12)20)8-10-3-6-14(19)13(18)7-10/h3-7,9,16,21H,2,8H2,1H3. The molecule has 0 amide bonds. The number of rotatable bonds is 5. The number of nitrogens with one attached hydrogen (secondary N) is 1. The lowest BCUT2D eigenvalue weighted by Gasteiger charge is -2.19. The summed E-state index contributed by atoms with van der Waals surface area (Å²) in [5.74, 6) is -0.723. The lowest BCUT2D eigenvalue weighted by molar-refractivity contribution is 0.509. The van der Waals surface area contributed by atoms with Crippen LogP contribution in [0.5, 0.6) is 0 Å². The Morgan fingerprint density at radius 1 is 1.14 bits per heavy atom. The largest absolute Gasteiger partial charge is 0.310 e. The van der Waals surface area contributed by atoms with Crippen molar-refractivity contribution in [2.75, 3.05) is 6.54 Å². The van der Waals surface area contributed by atoms with E-state index < -0.39 is 5.82 Å². The Hall–Kier alpha value is -0.970. The van der Waals surface area contributed by atoms with Crippen molar-refractivity contribution >= 4 is 27.5 Å². The maximum atomic E-state index is 14.1. The second-order valence-corrected chi connectivity index (χ2v) is 6.05. The van der Waals surface area contributed by atoms with Crippen LogP contribution in [0.1, 0.15) is 24.1 Å². The molecule has 0 radical (unpaired) electrons. The maximum Gasteiger partial charge on any atom is 0.141 e. The summed E-state index contributed by atoms with van der Waals surface area (Å²) in [6.07, 6.45) is 0.534. The molecule has 0 spiro atoms. The third-order valence-corrected chi connectivity index (χ3v) is 4.00. The highest BCUT2D eigenvalue weighted by Gasteiger charge is 2.16. The monoisotopic (exact) mass is 373 g/mol. The summed E-state index contributed by atoms with van der Waals surface area (Å²) in [5.41, 5.74) is 1.44. The van der Waals surface area contributed by atoms with Gasteiger partial charge in [-0.15, -0.1) is 0 Å². The molecule has 0 heterocycles. The summed E-state index contributed by atoms with van der Waals surface area (Å²) < 4.78 is 28.0. The smallest absolute Gasteiger partial charge is 0.141 e. The van der Waals surface area contributed by atoms with E-state index in [9.17, 15) is 8.78 Å². The van der Waals surface area contributed by atoms with Crippen LogP contribution in [0.4, 0.5) is 8.78 Å². The van der Waals surface area contributed by atoms with Crippen LogP contribution in [0.3, 0.4) is 0 Å². The number of halogens is 4. The molecule has 1 atom stereocenters. The topological polar surface area (TPSA) is 12.0 Å². The Morgan fingerprint density at radius 2 is 1.90 bits per heavy atom. The van der Waals surface area contributed by atoms with Gasteiger partial charge in [0, 0.05) is 16.1 Å². The van der Waals surface area contributed by atoms with Crippen molar-refractivity contribution in [3.05, 3.63) is 68.7 Å². The normalized spacial score (nSPS) is 12.4. The minimum absolute atomic E-state index is 0.0824. The molecule has 0 saturated heterocycles. The highest BCUT2D eigenvalue weighted by molar-refractivity contribution is 9.10. The Kier molecular flexibility index (Phi) is 5.73. The molecule has 1 nitrogen and oxygen atoms in total. The van der Waals surface area contributed by atoms with Crippen molar-refractivity contribution in [3.63, 3.8) is 0 Å². The second kappa shape index (κ2) is 7.34. The lowest BCUT2D eigenvalue weighted by atomic mass is 9.98. The third-order valence-electron chi connectivity index (χ3n) is 3.21. The molecule has 21 heavy (non-hydrogen) atoms. The van der Waals surface area contributed by atoms with Crippen LogP contribution in [0.15, 0.2) is 40.9 Å². The van der Waals surface area contributed by atoms with Crippen molar-refractivity contribution in [1.29, 1.82) is 0 Å². The van der Waals surface area contributed by atoms with E-state index in [0.717, 1.165) is 5.56 Å². The van der Waals surface area contributed by atoms with Crippen LogP contribution in [-0.2, 0) is 6.42 Å². The highest BCUT2D eigenvalue weighted by atomic mass is 79.9. The first-order valence-corrected chi connectivity index (χ1v) is 7.80. The SMILES string of the molecule is CCNC(Cc1ccc(F)c(Cl)c1)c1ccc(Br)cc1F. The molecule has 0 aromatic heterocycles. The first kappa shape index (κ1) is 16.4. The van der Waals surface area contributed by atoms with Gasteiger partial charge in [0.1, 0.15) is 11.6 Å². The van der Waals surface area contributed by atoms with E-state index in [1.54, 1.807) is 24.3 Å². The van der Waals surface area contributed by atoms with Gasteiger partial charge in [-0.25, -0.2) is 8.78 Å². The van der Waals surface area contributed by atoms with E-state index in [4.69, 9.17) is 11.6 Å². The predicted octanol–water partition coefficient (Wildman–Crippen LogP) is 5.27. The van der Waals surface area contributed by atoms with E-state index in [-0.39, 0.29) is 16.9 Å². The minimum Gasteiger partial charge on any atom is -0.310 e. The Bertz CT molecular complexity index is 634. The van der Waals surface area contributed by atoms with Gasteiger partial charge in [0.2, 0.25) is 0 Å². The number of likely N-dealkylation sites (N-methyl/N-ethyl adjacent to an activating group) is 1. The van der Waals surface area contributed by atoms with Crippen molar-refractivity contribution in [1.82, 2.24) is 5.32 Å². The Morgan fingerprint density at radius 3 is 2.52 bits per heavy atom. The van der Waals surface area contributed by atoms with Gasteiger partial charge in [-0.3, -0.25) is 0 Å².